The van der Waals surface area contributed by atoms with E-state index >= 15 is 0 Å². The number of rotatable bonds is 4. The Bertz CT molecular complexity index is 851. The van der Waals surface area contributed by atoms with Crippen LogP contribution in [0.15, 0.2) is 23.1 Å². The number of sulfonamides is 1. The van der Waals surface area contributed by atoms with Crippen LogP contribution in [0.5, 0.6) is 0 Å². The minimum Gasteiger partial charge on any atom is -0.379 e. The molecule has 2 heterocycles. The van der Waals surface area contributed by atoms with E-state index in [-0.39, 0.29) is 32.0 Å². The number of nitrogens with zero attached hydrogens (tertiary/aromatic N) is 2. The molecule has 2 aliphatic heterocycles. The van der Waals surface area contributed by atoms with Crippen LogP contribution >= 0.6 is 0 Å². The molecule has 9 heteroatoms. The lowest BCUT2D eigenvalue weighted by Gasteiger charge is -2.40. The zero-order valence-electron chi connectivity index (χ0n) is 14.9. The van der Waals surface area contributed by atoms with E-state index in [0.717, 1.165) is 29.3 Å². The largest absolute Gasteiger partial charge is 0.379 e. The molecule has 1 atom stereocenters. The molecule has 0 bridgehead atoms. The van der Waals surface area contributed by atoms with Crippen LogP contribution in [0.1, 0.15) is 25.7 Å². The highest BCUT2D eigenvalue weighted by Crippen LogP contribution is 2.38. The van der Waals surface area contributed by atoms with Gasteiger partial charge in [0.1, 0.15) is 16.5 Å². The average molecular weight is 400 g/mol. The molecule has 1 aromatic carbocycles. The molecular formula is C18H22F2N2O4S. The molecule has 0 radical (unpaired) electrons. The first-order valence-corrected chi connectivity index (χ1v) is 10.6. The summed E-state index contributed by atoms with van der Waals surface area (Å²) in [5, 5.41) is 0. The lowest BCUT2D eigenvalue weighted by molar-refractivity contribution is -0.136. The topological polar surface area (TPSA) is 66.9 Å². The molecule has 0 N–H and O–H groups in total. The number of hydrogen-bond donors (Lipinski definition) is 0. The zero-order valence-corrected chi connectivity index (χ0v) is 15.7. The smallest absolute Gasteiger partial charge is 0.246 e. The summed E-state index contributed by atoms with van der Waals surface area (Å²) in [6.07, 6.45) is 2.73. The fraction of sp³-hybridized carbons (Fsp3) is 0.611. The van der Waals surface area contributed by atoms with Crippen molar-refractivity contribution in [2.45, 2.75) is 36.1 Å². The van der Waals surface area contributed by atoms with E-state index in [1.54, 1.807) is 4.90 Å². The van der Waals surface area contributed by atoms with Gasteiger partial charge < -0.3 is 9.64 Å². The van der Waals surface area contributed by atoms with Gasteiger partial charge in [-0.3, -0.25) is 4.79 Å². The summed E-state index contributed by atoms with van der Waals surface area (Å²) in [4.78, 5) is 14.0. The summed E-state index contributed by atoms with van der Waals surface area (Å²) in [6, 6.07) is 2.42. The van der Waals surface area contributed by atoms with Gasteiger partial charge in [-0.1, -0.05) is 0 Å². The van der Waals surface area contributed by atoms with Crippen molar-refractivity contribution in [2.75, 3.05) is 32.8 Å². The van der Waals surface area contributed by atoms with Crippen LogP contribution in [0.3, 0.4) is 0 Å². The first-order valence-electron chi connectivity index (χ1n) is 9.15. The Morgan fingerprint density at radius 3 is 2.67 bits per heavy atom. The van der Waals surface area contributed by atoms with E-state index in [4.69, 9.17) is 4.74 Å². The fourth-order valence-corrected chi connectivity index (χ4v) is 5.49. The van der Waals surface area contributed by atoms with Crippen molar-refractivity contribution in [3.63, 3.8) is 0 Å². The number of amides is 1. The Hall–Kier alpha value is -1.58. The fourth-order valence-electron chi connectivity index (χ4n) is 3.93. The minimum atomic E-state index is -4.20. The van der Waals surface area contributed by atoms with Crippen LogP contribution in [0.25, 0.3) is 0 Å². The lowest BCUT2D eigenvalue weighted by atomic mass is 9.95. The van der Waals surface area contributed by atoms with E-state index in [0.29, 0.717) is 31.6 Å². The van der Waals surface area contributed by atoms with Gasteiger partial charge in [0.05, 0.1) is 12.1 Å². The molecule has 1 saturated carbocycles. The van der Waals surface area contributed by atoms with E-state index in [9.17, 15) is 22.0 Å². The van der Waals surface area contributed by atoms with Crippen molar-refractivity contribution in [1.29, 1.82) is 0 Å². The number of carbonyl (C=O) groups excluding carboxylic acids is 1. The predicted molar refractivity (Wildman–Crippen MR) is 92.3 cm³/mol. The van der Waals surface area contributed by atoms with Gasteiger partial charge >= 0.3 is 0 Å². The van der Waals surface area contributed by atoms with E-state index in [2.05, 4.69) is 0 Å². The molecule has 3 aliphatic rings. The number of carbonyl (C=O) groups is 1. The first kappa shape index (κ1) is 18.8. The molecule has 27 heavy (non-hydrogen) atoms. The molecule has 1 spiro atoms. The van der Waals surface area contributed by atoms with Crippen LogP contribution < -0.4 is 0 Å². The SMILES string of the molecule is O=C1CCN(S(=O)(=O)c2ccc(F)cc2F)CC2(CCOC2)N1CC1CC1. The number of ether oxygens (including phenoxy) is 1. The highest BCUT2D eigenvalue weighted by molar-refractivity contribution is 7.89. The van der Waals surface area contributed by atoms with Crippen LogP contribution in [0.4, 0.5) is 8.78 Å². The summed E-state index contributed by atoms with van der Waals surface area (Å²) in [5.41, 5.74) is -0.722. The van der Waals surface area contributed by atoms with Crippen LogP contribution in [-0.2, 0) is 19.6 Å². The number of benzene rings is 1. The van der Waals surface area contributed by atoms with Gasteiger partial charge in [0.15, 0.2) is 0 Å². The van der Waals surface area contributed by atoms with Crippen molar-refractivity contribution in [3.05, 3.63) is 29.8 Å². The molecule has 1 aliphatic carbocycles. The van der Waals surface area contributed by atoms with E-state index < -0.39 is 32.1 Å². The molecule has 6 nitrogen and oxygen atoms in total. The van der Waals surface area contributed by atoms with Gasteiger partial charge in [-0.15, -0.1) is 0 Å². The molecule has 1 aromatic rings. The summed E-state index contributed by atoms with van der Waals surface area (Å²) in [5.74, 6) is -1.60. The van der Waals surface area contributed by atoms with Gasteiger partial charge in [-0.05, 0) is 37.3 Å². The van der Waals surface area contributed by atoms with Crippen LogP contribution in [-0.4, -0.2) is 61.9 Å². The second-order valence-corrected chi connectivity index (χ2v) is 9.54. The van der Waals surface area contributed by atoms with Crippen LogP contribution in [0.2, 0.25) is 0 Å². The van der Waals surface area contributed by atoms with Crippen molar-refractivity contribution in [3.8, 4) is 0 Å². The summed E-state index contributed by atoms with van der Waals surface area (Å²) < 4.78 is 60.2. The molecule has 1 unspecified atom stereocenters. The normalized spacial score (nSPS) is 27.3. The third kappa shape index (κ3) is 3.48. The Morgan fingerprint density at radius 1 is 1.26 bits per heavy atom. The maximum absolute atomic E-state index is 14.2. The van der Waals surface area contributed by atoms with Gasteiger partial charge in [0, 0.05) is 38.7 Å². The van der Waals surface area contributed by atoms with Crippen molar-refractivity contribution >= 4 is 15.9 Å². The molecule has 2 saturated heterocycles. The summed E-state index contributed by atoms with van der Waals surface area (Å²) in [6.45, 7) is 1.36. The Morgan fingerprint density at radius 2 is 2.04 bits per heavy atom. The van der Waals surface area contributed by atoms with Crippen molar-refractivity contribution < 1.29 is 26.7 Å². The first-order chi connectivity index (χ1) is 12.8. The molecular weight excluding hydrogens is 378 g/mol. The van der Waals surface area contributed by atoms with Gasteiger partial charge in [-0.25, -0.2) is 17.2 Å². The number of halogens is 2. The summed E-state index contributed by atoms with van der Waals surface area (Å²) in [7, 11) is -4.20. The number of hydrogen-bond acceptors (Lipinski definition) is 4. The second kappa shape index (κ2) is 6.79. The monoisotopic (exact) mass is 400 g/mol. The third-order valence-electron chi connectivity index (χ3n) is 5.65. The van der Waals surface area contributed by atoms with Gasteiger partial charge in [0.2, 0.25) is 15.9 Å². The highest BCUT2D eigenvalue weighted by Gasteiger charge is 2.49. The van der Waals surface area contributed by atoms with E-state index in [1.807, 2.05) is 0 Å². The average Bonchev–Trinajstić information content (AvgIpc) is 3.33. The van der Waals surface area contributed by atoms with Gasteiger partial charge in [-0.2, -0.15) is 4.31 Å². The Labute approximate surface area is 157 Å². The lowest BCUT2D eigenvalue weighted by Crippen LogP contribution is -2.57. The maximum atomic E-state index is 14.2. The zero-order chi connectivity index (χ0) is 19.2. The molecule has 148 valence electrons. The summed E-state index contributed by atoms with van der Waals surface area (Å²) >= 11 is 0. The quantitative estimate of drug-likeness (QED) is 0.773. The Balaban J connectivity index is 1.68. The predicted octanol–water partition coefficient (Wildman–Crippen LogP) is 1.76. The Kier molecular flexibility index (Phi) is 4.72. The standard InChI is InChI=1S/C18H22F2N2O4S/c19-14-3-4-16(15(20)9-14)27(24,25)21-7-5-17(23)22(10-13-1-2-13)18(11-21)6-8-26-12-18/h3-4,9,13H,1-2,5-8,10-12H2. The van der Waals surface area contributed by atoms with Crippen molar-refractivity contribution in [2.24, 2.45) is 5.92 Å². The molecule has 4 rings (SSSR count). The highest BCUT2D eigenvalue weighted by atomic mass is 32.2. The maximum Gasteiger partial charge on any atom is 0.246 e. The van der Waals surface area contributed by atoms with Crippen molar-refractivity contribution in [1.82, 2.24) is 9.21 Å². The molecule has 1 amide bonds. The third-order valence-corrected chi connectivity index (χ3v) is 7.53. The van der Waals surface area contributed by atoms with Crippen LogP contribution in [0, 0.1) is 17.6 Å². The minimum absolute atomic E-state index is 0.0269. The molecule has 3 fully saturated rings. The second-order valence-electron chi connectivity index (χ2n) is 7.64. The van der Waals surface area contributed by atoms with Gasteiger partial charge in [0.25, 0.3) is 0 Å². The molecule has 0 aromatic heterocycles. The van der Waals surface area contributed by atoms with E-state index in [1.165, 1.54) is 0 Å².